The van der Waals surface area contributed by atoms with Crippen molar-refractivity contribution in [1.29, 1.82) is 0 Å². The number of hydrogen-bond acceptors (Lipinski definition) is 4. The number of amides is 1. The molecule has 0 spiro atoms. The first-order chi connectivity index (χ1) is 23.1. The Labute approximate surface area is 293 Å². The highest BCUT2D eigenvalue weighted by molar-refractivity contribution is 5.76. The molecule has 5 heteroatoms. The van der Waals surface area contributed by atoms with Gasteiger partial charge >= 0.3 is 0 Å². The minimum absolute atomic E-state index is 0.148. The largest absolute Gasteiger partial charge is 0.394 e. The molecule has 5 nitrogen and oxygen atoms in total. The van der Waals surface area contributed by atoms with Crippen LogP contribution in [0, 0.1) is 0 Å². The summed E-state index contributed by atoms with van der Waals surface area (Å²) >= 11 is 0. The maximum Gasteiger partial charge on any atom is 0.220 e. The fourth-order valence-electron chi connectivity index (χ4n) is 6.57. The second-order valence-corrected chi connectivity index (χ2v) is 14.5. The monoisotopic (exact) mass is 666 g/mol. The second kappa shape index (κ2) is 37.9. The van der Waals surface area contributed by atoms with Gasteiger partial charge in [-0.25, -0.2) is 0 Å². The van der Waals surface area contributed by atoms with Crippen molar-refractivity contribution in [2.45, 2.75) is 244 Å². The van der Waals surface area contributed by atoms with Gasteiger partial charge in [-0.1, -0.05) is 193 Å². The first-order valence-electron chi connectivity index (χ1n) is 21.0. The van der Waals surface area contributed by atoms with E-state index in [9.17, 15) is 20.1 Å². The van der Waals surface area contributed by atoms with Gasteiger partial charge in [0.1, 0.15) is 6.10 Å². The third-order valence-corrected chi connectivity index (χ3v) is 9.87. The van der Waals surface area contributed by atoms with Crippen molar-refractivity contribution < 1.29 is 20.1 Å². The predicted octanol–water partition coefficient (Wildman–Crippen LogP) is 11.7. The van der Waals surface area contributed by atoms with Crippen LogP contribution < -0.4 is 5.32 Å². The number of hydrogen-bond donors (Lipinski definition) is 4. The number of carbonyl (C=O) groups excluding carboxylic acids is 1. The van der Waals surface area contributed by atoms with E-state index < -0.39 is 18.2 Å². The summed E-state index contributed by atoms with van der Waals surface area (Å²) in [5, 5.41) is 33.4. The average Bonchev–Trinajstić information content (AvgIpc) is 3.07. The molecule has 280 valence electrons. The first-order valence-corrected chi connectivity index (χ1v) is 21.0. The van der Waals surface area contributed by atoms with E-state index in [0.29, 0.717) is 12.8 Å². The van der Waals surface area contributed by atoms with Crippen molar-refractivity contribution in [3.05, 3.63) is 12.2 Å². The zero-order valence-corrected chi connectivity index (χ0v) is 31.7. The fraction of sp³-hybridized carbons (Fsp3) is 0.929. The van der Waals surface area contributed by atoms with Crippen molar-refractivity contribution in [2.24, 2.45) is 0 Å². The highest BCUT2D eigenvalue weighted by atomic mass is 16.3. The SMILES string of the molecule is CCCCCCCCCCCCC=CCCCCCCCCCC(=O)NC(CO)C(O)C(O)CCCCCCCCCCCCCC. The molecule has 0 saturated carbocycles. The lowest BCUT2D eigenvalue weighted by atomic mass is 9.99. The molecule has 0 aliphatic rings. The summed E-state index contributed by atoms with van der Waals surface area (Å²) in [4.78, 5) is 12.4. The fourth-order valence-corrected chi connectivity index (χ4v) is 6.57. The molecule has 1 amide bonds. The summed E-state index contributed by atoms with van der Waals surface area (Å²) in [6.45, 7) is 4.17. The molecular weight excluding hydrogens is 582 g/mol. The minimum Gasteiger partial charge on any atom is -0.394 e. The van der Waals surface area contributed by atoms with Crippen LogP contribution in [0.25, 0.3) is 0 Å². The maximum absolute atomic E-state index is 12.4. The number of aliphatic hydroxyl groups excluding tert-OH is 3. The van der Waals surface area contributed by atoms with Gasteiger partial charge in [0, 0.05) is 6.42 Å². The molecule has 0 aromatic rings. The van der Waals surface area contributed by atoms with Gasteiger partial charge in [0.25, 0.3) is 0 Å². The summed E-state index contributed by atoms with van der Waals surface area (Å²) in [5.41, 5.74) is 0. The van der Waals surface area contributed by atoms with Gasteiger partial charge in [-0.05, 0) is 38.5 Å². The smallest absolute Gasteiger partial charge is 0.220 e. The maximum atomic E-state index is 12.4. The van der Waals surface area contributed by atoms with Gasteiger partial charge in [-0.15, -0.1) is 0 Å². The van der Waals surface area contributed by atoms with E-state index in [1.807, 2.05) is 0 Å². The van der Waals surface area contributed by atoms with E-state index in [1.165, 1.54) is 161 Å². The average molecular weight is 666 g/mol. The molecule has 0 aliphatic carbocycles. The Morgan fingerprint density at radius 2 is 0.851 bits per heavy atom. The van der Waals surface area contributed by atoms with Crippen LogP contribution in [0.4, 0.5) is 0 Å². The van der Waals surface area contributed by atoms with Crippen LogP contribution in [0.2, 0.25) is 0 Å². The first kappa shape index (κ1) is 46.1. The van der Waals surface area contributed by atoms with Gasteiger partial charge < -0.3 is 20.6 Å². The van der Waals surface area contributed by atoms with Crippen LogP contribution in [0.15, 0.2) is 12.2 Å². The van der Waals surface area contributed by atoms with Crippen LogP contribution in [0.5, 0.6) is 0 Å². The van der Waals surface area contributed by atoms with E-state index >= 15 is 0 Å². The molecule has 0 heterocycles. The number of rotatable bonds is 38. The summed E-state index contributed by atoms with van der Waals surface area (Å²) in [6.07, 6.45) is 43.1. The number of nitrogens with one attached hydrogen (secondary N) is 1. The van der Waals surface area contributed by atoms with Crippen LogP contribution in [-0.4, -0.2) is 46.1 Å². The molecule has 0 rings (SSSR count). The number of allylic oxidation sites excluding steroid dienone is 2. The zero-order chi connectivity index (χ0) is 34.5. The molecule has 47 heavy (non-hydrogen) atoms. The van der Waals surface area contributed by atoms with Gasteiger partial charge in [0.05, 0.1) is 18.8 Å². The lowest BCUT2D eigenvalue weighted by Crippen LogP contribution is -2.50. The number of unbranched alkanes of at least 4 members (excludes halogenated alkanes) is 28. The quantitative estimate of drug-likeness (QED) is 0.0390. The van der Waals surface area contributed by atoms with Crippen molar-refractivity contribution in [2.75, 3.05) is 6.61 Å². The van der Waals surface area contributed by atoms with Crippen molar-refractivity contribution in [3.8, 4) is 0 Å². The van der Waals surface area contributed by atoms with Gasteiger partial charge in [-0.2, -0.15) is 0 Å². The Hall–Kier alpha value is -0.910. The van der Waals surface area contributed by atoms with Gasteiger partial charge in [-0.3, -0.25) is 4.79 Å². The van der Waals surface area contributed by atoms with Gasteiger partial charge in [0.15, 0.2) is 0 Å². The highest BCUT2D eigenvalue weighted by Crippen LogP contribution is 2.16. The molecule has 0 fully saturated rings. The molecule has 0 bridgehead atoms. The summed E-state index contributed by atoms with van der Waals surface area (Å²) in [6, 6.07) is -0.807. The minimum atomic E-state index is -1.13. The van der Waals surface area contributed by atoms with Crippen molar-refractivity contribution in [3.63, 3.8) is 0 Å². The lowest BCUT2D eigenvalue weighted by Gasteiger charge is -2.26. The molecule has 0 aliphatic heterocycles. The zero-order valence-electron chi connectivity index (χ0n) is 31.7. The Bertz CT molecular complexity index is 655. The van der Waals surface area contributed by atoms with Crippen LogP contribution in [0.3, 0.4) is 0 Å². The third kappa shape index (κ3) is 33.4. The topological polar surface area (TPSA) is 89.8 Å². The summed E-state index contributed by atoms with van der Waals surface area (Å²) < 4.78 is 0. The molecule has 3 unspecified atom stereocenters. The standard InChI is InChI=1S/C42H83NO4/c1-3-5-7-9-11-13-15-17-18-19-20-21-22-23-24-25-27-29-31-33-35-37-41(46)43-39(38-44)42(47)40(45)36-34-32-30-28-26-16-14-12-10-8-6-4-2/h21-22,39-40,42,44-45,47H,3-20,23-38H2,1-2H3,(H,43,46). The van der Waals surface area contributed by atoms with E-state index in [4.69, 9.17) is 0 Å². The molecule has 0 aromatic heterocycles. The number of carbonyl (C=O) groups is 1. The third-order valence-electron chi connectivity index (χ3n) is 9.87. The van der Waals surface area contributed by atoms with Crippen LogP contribution in [-0.2, 0) is 4.79 Å². The van der Waals surface area contributed by atoms with Crippen molar-refractivity contribution in [1.82, 2.24) is 5.32 Å². The molecular formula is C42H83NO4. The van der Waals surface area contributed by atoms with E-state index in [2.05, 4.69) is 31.3 Å². The Balaban J connectivity index is 3.61. The van der Waals surface area contributed by atoms with Crippen LogP contribution >= 0.6 is 0 Å². The summed E-state index contributed by atoms with van der Waals surface area (Å²) in [7, 11) is 0. The molecule has 0 aromatic carbocycles. The number of aliphatic hydroxyl groups is 3. The molecule has 0 radical (unpaired) electrons. The van der Waals surface area contributed by atoms with E-state index in [-0.39, 0.29) is 12.5 Å². The van der Waals surface area contributed by atoms with E-state index in [0.717, 1.165) is 38.5 Å². The Morgan fingerprint density at radius 3 is 1.23 bits per heavy atom. The van der Waals surface area contributed by atoms with Crippen molar-refractivity contribution >= 4 is 5.91 Å². The second-order valence-electron chi connectivity index (χ2n) is 14.5. The van der Waals surface area contributed by atoms with Gasteiger partial charge in [0.2, 0.25) is 5.91 Å². The Morgan fingerprint density at radius 1 is 0.511 bits per heavy atom. The molecule has 0 saturated heterocycles. The predicted molar refractivity (Wildman–Crippen MR) is 204 cm³/mol. The normalized spacial score (nSPS) is 13.7. The van der Waals surface area contributed by atoms with E-state index in [1.54, 1.807) is 0 Å². The molecule has 3 atom stereocenters. The lowest BCUT2D eigenvalue weighted by molar-refractivity contribution is -0.124. The highest BCUT2D eigenvalue weighted by Gasteiger charge is 2.26. The summed E-state index contributed by atoms with van der Waals surface area (Å²) in [5.74, 6) is -0.148. The van der Waals surface area contributed by atoms with Crippen LogP contribution in [0.1, 0.15) is 226 Å². The Kier molecular flexibility index (Phi) is 37.2. The molecule has 4 N–H and O–H groups in total.